The number of nitrogens with one attached hydrogen (secondary N) is 1. The van der Waals surface area contributed by atoms with Gasteiger partial charge in [-0.1, -0.05) is 6.92 Å². The monoisotopic (exact) mass is 330 g/mol. The second kappa shape index (κ2) is 5.36. The number of methoxy groups -OCH3 is 1. The van der Waals surface area contributed by atoms with Gasteiger partial charge < -0.3 is 15.2 Å². The van der Waals surface area contributed by atoms with E-state index >= 15 is 0 Å². The van der Waals surface area contributed by atoms with Crippen LogP contribution in [0.4, 0.5) is 5.95 Å². The number of hydrogen-bond acceptors (Lipinski definition) is 5. The number of fused-ring (bicyclic) bond motifs is 2. The molecule has 1 aromatic heterocycles. The van der Waals surface area contributed by atoms with E-state index in [-0.39, 0.29) is 23.0 Å². The van der Waals surface area contributed by atoms with E-state index in [0.717, 1.165) is 12.8 Å². The third kappa shape index (κ3) is 2.22. The predicted molar refractivity (Wildman–Crippen MR) is 88.3 cm³/mol. The summed E-state index contributed by atoms with van der Waals surface area (Å²) in [5.74, 6) is 1.16. The Hall–Kier alpha value is -2.31. The molecule has 2 aromatic rings. The first-order valence-corrected chi connectivity index (χ1v) is 8.49. The third-order valence-corrected chi connectivity index (χ3v) is 5.97. The number of benzene rings is 1. The van der Waals surface area contributed by atoms with Crippen LogP contribution in [0.5, 0.6) is 5.75 Å². The smallest absolute Gasteiger partial charge is 0.461 e. The molecule has 2 saturated carbocycles. The largest absolute Gasteiger partial charge is 0.739 e. The maximum Gasteiger partial charge on any atom is 0.461 e. The molecule has 128 valence electrons. The highest BCUT2D eigenvalue weighted by atomic mass is 16.5. The van der Waals surface area contributed by atoms with E-state index in [1.807, 2.05) is 0 Å². The minimum atomic E-state index is 0.0869. The Morgan fingerprint density at radius 3 is 2.79 bits per heavy atom. The van der Waals surface area contributed by atoms with E-state index in [2.05, 4.69) is 17.3 Å². The quantitative estimate of drug-likeness (QED) is 0.686. The fraction of sp³-hybridized carbons (Fsp3) is 0.588. The summed E-state index contributed by atoms with van der Waals surface area (Å²) in [6.45, 7) is 2.33. The van der Waals surface area contributed by atoms with Crippen LogP contribution in [0.25, 0.3) is 11.0 Å². The lowest BCUT2D eigenvalue weighted by atomic mass is 9.53. The third-order valence-electron chi connectivity index (χ3n) is 5.97. The summed E-state index contributed by atoms with van der Waals surface area (Å²) < 4.78 is 5.82. The summed E-state index contributed by atoms with van der Waals surface area (Å²) in [6.07, 6.45) is 5.84. The van der Waals surface area contributed by atoms with E-state index < -0.39 is 0 Å². The highest BCUT2D eigenvalue weighted by Crippen LogP contribution is 2.55. The zero-order valence-electron chi connectivity index (χ0n) is 14.0. The van der Waals surface area contributed by atoms with Crippen LogP contribution < -0.4 is 19.6 Å². The van der Waals surface area contributed by atoms with Gasteiger partial charge in [0, 0.05) is 4.85 Å². The normalized spacial score (nSPS) is 28.9. The highest BCUT2D eigenvalue weighted by molar-refractivity contribution is 5.70. The average molecular weight is 330 g/mol. The molecule has 0 unspecified atom stereocenters. The van der Waals surface area contributed by atoms with Crippen molar-refractivity contribution in [1.29, 1.82) is 0 Å². The van der Waals surface area contributed by atoms with E-state index in [1.54, 1.807) is 12.1 Å². The van der Waals surface area contributed by atoms with Crippen molar-refractivity contribution < 1.29 is 14.3 Å². The summed E-state index contributed by atoms with van der Waals surface area (Å²) in [5, 5.41) is 32.1. The molecule has 0 amide bonds. The molecule has 0 spiro atoms. The van der Waals surface area contributed by atoms with Gasteiger partial charge >= 0.3 is 11.5 Å². The number of anilines is 1. The fourth-order valence-electron chi connectivity index (χ4n) is 4.40. The van der Waals surface area contributed by atoms with Crippen LogP contribution in [-0.4, -0.2) is 18.3 Å². The van der Waals surface area contributed by atoms with Gasteiger partial charge in [-0.3, -0.25) is 5.32 Å². The van der Waals surface area contributed by atoms with Gasteiger partial charge in [-0.25, -0.2) is 4.73 Å². The van der Waals surface area contributed by atoms with Gasteiger partial charge in [0.05, 0.1) is 19.2 Å². The molecule has 1 heterocycles. The fourth-order valence-corrected chi connectivity index (χ4v) is 4.40. The average Bonchev–Trinajstić information content (AvgIpc) is 2.56. The standard InChI is InChI=1S/C17H22N4O3/c1-17-8-3-4-13(12(17)7-9-17)18-16-19-21(23)15-10-11(24-2)5-6-14(15)20(16)22/h5-6,10,12-13H,3-4,7-9H2,1-2H3,(H,18,19)/t12-,13+,17+/m0/s1. The summed E-state index contributed by atoms with van der Waals surface area (Å²) in [6, 6.07) is 5.00. The van der Waals surface area contributed by atoms with E-state index in [9.17, 15) is 10.4 Å². The summed E-state index contributed by atoms with van der Waals surface area (Å²) in [4.78, 5) is 0.497. The van der Waals surface area contributed by atoms with Gasteiger partial charge in [-0.2, -0.15) is 0 Å². The van der Waals surface area contributed by atoms with Crippen molar-refractivity contribution in [3.05, 3.63) is 28.6 Å². The number of aromatic nitrogens is 3. The Morgan fingerprint density at radius 2 is 2.08 bits per heavy atom. The van der Waals surface area contributed by atoms with E-state index in [0.29, 0.717) is 26.7 Å². The summed E-state index contributed by atoms with van der Waals surface area (Å²) >= 11 is 0. The van der Waals surface area contributed by atoms with Crippen molar-refractivity contribution in [1.82, 2.24) is 5.10 Å². The summed E-state index contributed by atoms with van der Waals surface area (Å²) in [5.41, 5.74) is 0.865. The molecule has 24 heavy (non-hydrogen) atoms. The van der Waals surface area contributed by atoms with Crippen LogP contribution in [-0.2, 0) is 0 Å². The zero-order chi connectivity index (χ0) is 16.9. The molecule has 0 bridgehead atoms. The molecule has 0 aliphatic heterocycles. The molecule has 4 rings (SSSR count). The number of hydrogen-bond donors (Lipinski definition) is 1. The molecular weight excluding hydrogens is 308 g/mol. The van der Waals surface area contributed by atoms with E-state index in [1.165, 1.54) is 32.4 Å². The summed E-state index contributed by atoms with van der Waals surface area (Å²) in [7, 11) is 1.52. The second-order valence-corrected chi connectivity index (χ2v) is 7.29. The zero-order valence-corrected chi connectivity index (χ0v) is 14.0. The maximum absolute atomic E-state index is 12.6. The number of rotatable bonds is 3. The molecule has 2 aliphatic rings. The molecule has 0 saturated heterocycles. The molecule has 7 heteroatoms. The van der Waals surface area contributed by atoms with Crippen LogP contribution >= 0.6 is 0 Å². The SMILES string of the molecule is COc1ccc2c(c1)[n+]([O-])nc(N[C@@H]1CCC[C@]3(C)CC[C@@H]13)[n+]2[O-]. The lowest BCUT2D eigenvalue weighted by molar-refractivity contribution is -0.672. The van der Waals surface area contributed by atoms with Gasteiger partial charge in [0.25, 0.3) is 0 Å². The minimum absolute atomic E-state index is 0.0869. The van der Waals surface area contributed by atoms with Crippen LogP contribution in [0.2, 0.25) is 0 Å². The lowest BCUT2D eigenvalue weighted by Crippen LogP contribution is -2.53. The van der Waals surface area contributed by atoms with Crippen molar-refractivity contribution in [2.24, 2.45) is 11.3 Å². The van der Waals surface area contributed by atoms with Gasteiger partial charge in [-0.05, 0) is 55.6 Å². The Morgan fingerprint density at radius 1 is 1.25 bits per heavy atom. The lowest BCUT2D eigenvalue weighted by Gasteiger charge is -2.53. The topological polar surface area (TPSA) is 88.0 Å². The van der Waals surface area contributed by atoms with Crippen molar-refractivity contribution in [3.8, 4) is 5.75 Å². The first kappa shape index (κ1) is 15.2. The van der Waals surface area contributed by atoms with Gasteiger partial charge in [0.2, 0.25) is 5.10 Å². The van der Waals surface area contributed by atoms with Gasteiger partial charge in [0.15, 0.2) is 5.52 Å². The molecule has 2 fully saturated rings. The van der Waals surface area contributed by atoms with Crippen molar-refractivity contribution in [2.45, 2.75) is 45.1 Å². The van der Waals surface area contributed by atoms with Crippen LogP contribution in [0.1, 0.15) is 39.0 Å². The number of ether oxygens (including phenoxy) is 1. The molecule has 2 aliphatic carbocycles. The molecule has 0 radical (unpaired) electrons. The van der Waals surface area contributed by atoms with Crippen LogP contribution in [0.3, 0.4) is 0 Å². The molecule has 1 N–H and O–H groups in total. The van der Waals surface area contributed by atoms with Crippen LogP contribution in [0, 0.1) is 21.7 Å². The number of nitrogens with zero attached hydrogens (tertiary/aromatic N) is 3. The van der Waals surface area contributed by atoms with Crippen molar-refractivity contribution >= 4 is 17.0 Å². The molecule has 1 aromatic carbocycles. The predicted octanol–water partition coefficient (Wildman–Crippen LogP) is 1.89. The molecule has 7 nitrogen and oxygen atoms in total. The Kier molecular flexibility index (Phi) is 3.40. The minimum Gasteiger partial charge on any atom is -0.739 e. The highest BCUT2D eigenvalue weighted by Gasteiger charge is 2.50. The molecular formula is C17H22N4O3. The maximum atomic E-state index is 12.6. The first-order valence-electron chi connectivity index (χ1n) is 8.49. The van der Waals surface area contributed by atoms with Crippen molar-refractivity contribution in [2.75, 3.05) is 12.4 Å². The van der Waals surface area contributed by atoms with Crippen LogP contribution in [0.15, 0.2) is 18.2 Å². The van der Waals surface area contributed by atoms with E-state index in [4.69, 9.17) is 4.74 Å². The van der Waals surface area contributed by atoms with Gasteiger partial charge in [-0.15, -0.1) is 0 Å². The van der Waals surface area contributed by atoms with Gasteiger partial charge in [0.1, 0.15) is 5.75 Å². The first-order chi connectivity index (χ1) is 11.5. The second-order valence-electron chi connectivity index (χ2n) is 7.29. The Balaban J connectivity index is 1.68. The Bertz CT molecular complexity index is 797. The Labute approximate surface area is 140 Å². The molecule has 3 atom stereocenters. The van der Waals surface area contributed by atoms with Crippen molar-refractivity contribution in [3.63, 3.8) is 0 Å².